The Hall–Kier alpha value is -2.74. The lowest BCUT2D eigenvalue weighted by Gasteiger charge is -2.23. The van der Waals surface area contributed by atoms with E-state index in [9.17, 15) is 19.2 Å². The molecule has 3 N–H and O–H groups in total. The van der Waals surface area contributed by atoms with Gasteiger partial charge in [-0.3, -0.25) is 19.2 Å². The van der Waals surface area contributed by atoms with Crippen LogP contribution in [0.4, 0.5) is 5.69 Å². The number of anilines is 1. The van der Waals surface area contributed by atoms with Crippen LogP contribution in [0.3, 0.4) is 0 Å². The number of hydrogen-bond acceptors (Lipinski definition) is 5. The summed E-state index contributed by atoms with van der Waals surface area (Å²) in [6.07, 6.45) is 0.0331. The summed E-state index contributed by atoms with van der Waals surface area (Å²) in [5, 5.41) is 8.06. The molecule has 1 aromatic rings. The molecule has 1 aliphatic heterocycles. The molecule has 1 aromatic carbocycles. The lowest BCUT2D eigenvalue weighted by atomic mass is 10.0. The molecule has 3 amide bonds. The third kappa shape index (κ3) is 5.88. The summed E-state index contributed by atoms with van der Waals surface area (Å²) in [5.74, 6) is -1.04. The standard InChI is InChI=1S/C20H27N3O5/c1-11(2)9-16(20(27)23-18-12(3)28-10-17(18)25)22-19(26)14-5-7-15(8-6-14)21-13(4)24/h5-8,11-12,16,18H,9-10H2,1-4H3,(H,21,24)(H,22,26)(H,23,27)/t12-,16+,18+/m1/s1. The van der Waals surface area contributed by atoms with Gasteiger partial charge < -0.3 is 20.7 Å². The van der Waals surface area contributed by atoms with Crippen LogP contribution >= 0.6 is 0 Å². The van der Waals surface area contributed by atoms with Gasteiger partial charge in [0, 0.05) is 18.2 Å². The van der Waals surface area contributed by atoms with Crippen LogP contribution in [0.15, 0.2) is 24.3 Å². The van der Waals surface area contributed by atoms with Crippen molar-refractivity contribution in [3.05, 3.63) is 29.8 Å². The third-order valence-corrected chi connectivity index (χ3v) is 4.40. The van der Waals surface area contributed by atoms with E-state index >= 15 is 0 Å². The molecule has 0 aliphatic carbocycles. The molecule has 0 saturated carbocycles. The van der Waals surface area contributed by atoms with Crippen molar-refractivity contribution in [1.82, 2.24) is 10.6 Å². The predicted molar refractivity (Wildman–Crippen MR) is 104 cm³/mol. The minimum Gasteiger partial charge on any atom is -0.368 e. The number of carbonyl (C=O) groups excluding carboxylic acids is 4. The first-order valence-corrected chi connectivity index (χ1v) is 9.30. The number of ether oxygens (including phenoxy) is 1. The topological polar surface area (TPSA) is 114 Å². The second-order valence-corrected chi connectivity index (χ2v) is 7.38. The molecule has 0 spiro atoms. The van der Waals surface area contributed by atoms with Gasteiger partial charge in [-0.1, -0.05) is 13.8 Å². The lowest BCUT2D eigenvalue weighted by molar-refractivity contribution is -0.127. The Balaban J connectivity index is 2.06. The van der Waals surface area contributed by atoms with E-state index in [1.807, 2.05) is 13.8 Å². The van der Waals surface area contributed by atoms with Gasteiger partial charge in [0.05, 0.1) is 6.10 Å². The highest BCUT2D eigenvalue weighted by Crippen LogP contribution is 2.13. The molecule has 1 aliphatic rings. The maximum Gasteiger partial charge on any atom is 0.251 e. The summed E-state index contributed by atoms with van der Waals surface area (Å²) >= 11 is 0. The summed E-state index contributed by atoms with van der Waals surface area (Å²) in [6, 6.07) is 4.90. The summed E-state index contributed by atoms with van der Waals surface area (Å²) in [5.41, 5.74) is 0.943. The van der Waals surface area contributed by atoms with Crippen LogP contribution in [0, 0.1) is 5.92 Å². The molecular weight excluding hydrogens is 362 g/mol. The first-order valence-electron chi connectivity index (χ1n) is 9.30. The van der Waals surface area contributed by atoms with Crippen molar-refractivity contribution in [2.24, 2.45) is 5.92 Å². The van der Waals surface area contributed by atoms with Crippen molar-refractivity contribution in [2.75, 3.05) is 11.9 Å². The van der Waals surface area contributed by atoms with Crippen LogP contribution in [0.1, 0.15) is 44.5 Å². The molecule has 8 heteroatoms. The fraction of sp³-hybridized carbons (Fsp3) is 0.500. The van der Waals surface area contributed by atoms with Gasteiger partial charge in [-0.05, 0) is 43.5 Å². The lowest BCUT2D eigenvalue weighted by Crippen LogP contribution is -2.53. The Labute approximate surface area is 164 Å². The van der Waals surface area contributed by atoms with E-state index < -0.39 is 30.0 Å². The minimum absolute atomic E-state index is 0.0199. The number of benzene rings is 1. The summed E-state index contributed by atoms with van der Waals surface area (Å²) in [6.45, 7) is 7.00. The molecule has 0 bridgehead atoms. The minimum atomic E-state index is -0.775. The molecule has 0 unspecified atom stereocenters. The van der Waals surface area contributed by atoms with Crippen LogP contribution in [0.2, 0.25) is 0 Å². The van der Waals surface area contributed by atoms with Crippen molar-refractivity contribution >= 4 is 29.2 Å². The molecule has 2 rings (SSSR count). The highest BCUT2D eigenvalue weighted by Gasteiger charge is 2.35. The molecule has 1 saturated heterocycles. The fourth-order valence-electron chi connectivity index (χ4n) is 2.97. The molecular formula is C20H27N3O5. The molecule has 152 valence electrons. The number of carbonyl (C=O) groups is 4. The zero-order chi connectivity index (χ0) is 20.8. The fourth-order valence-corrected chi connectivity index (χ4v) is 2.97. The van der Waals surface area contributed by atoms with E-state index in [4.69, 9.17) is 4.74 Å². The van der Waals surface area contributed by atoms with Crippen molar-refractivity contribution in [3.63, 3.8) is 0 Å². The third-order valence-electron chi connectivity index (χ3n) is 4.40. The number of nitrogens with one attached hydrogen (secondary N) is 3. The SMILES string of the molecule is CC(=O)Nc1ccc(C(=O)N[C@@H](CC(C)C)C(=O)N[C@@H]2C(=O)CO[C@@H]2C)cc1. The van der Waals surface area contributed by atoms with E-state index in [-0.39, 0.29) is 24.2 Å². The Kier molecular flexibility index (Phi) is 7.28. The van der Waals surface area contributed by atoms with Crippen LogP contribution in [0.25, 0.3) is 0 Å². The molecule has 0 radical (unpaired) electrons. The molecule has 3 atom stereocenters. The van der Waals surface area contributed by atoms with E-state index in [0.717, 1.165) is 0 Å². The van der Waals surface area contributed by atoms with E-state index in [2.05, 4.69) is 16.0 Å². The van der Waals surface area contributed by atoms with Crippen molar-refractivity contribution in [3.8, 4) is 0 Å². The van der Waals surface area contributed by atoms with Crippen molar-refractivity contribution in [1.29, 1.82) is 0 Å². The Morgan fingerprint density at radius 1 is 1.18 bits per heavy atom. The Morgan fingerprint density at radius 2 is 1.82 bits per heavy atom. The second-order valence-electron chi connectivity index (χ2n) is 7.38. The predicted octanol–water partition coefficient (Wildman–Crippen LogP) is 1.26. The van der Waals surface area contributed by atoms with Gasteiger partial charge in [0.25, 0.3) is 5.91 Å². The highest BCUT2D eigenvalue weighted by molar-refractivity contribution is 5.99. The molecule has 8 nitrogen and oxygen atoms in total. The average molecular weight is 389 g/mol. The largest absolute Gasteiger partial charge is 0.368 e. The summed E-state index contributed by atoms with van der Waals surface area (Å²) in [7, 11) is 0. The number of Topliss-reactive ketones (excluding diaryl/α,β-unsaturated/α-hetero) is 1. The van der Waals surface area contributed by atoms with Gasteiger partial charge in [0.1, 0.15) is 18.7 Å². The zero-order valence-electron chi connectivity index (χ0n) is 16.6. The van der Waals surface area contributed by atoms with Gasteiger partial charge in [0.2, 0.25) is 11.8 Å². The Morgan fingerprint density at radius 3 is 2.32 bits per heavy atom. The van der Waals surface area contributed by atoms with Crippen LogP contribution in [0.5, 0.6) is 0 Å². The average Bonchev–Trinajstić information content (AvgIpc) is 2.92. The molecule has 1 heterocycles. The quantitative estimate of drug-likeness (QED) is 0.650. The monoisotopic (exact) mass is 389 g/mol. The van der Waals surface area contributed by atoms with Gasteiger partial charge in [-0.25, -0.2) is 0 Å². The number of amides is 3. The highest BCUT2D eigenvalue weighted by atomic mass is 16.5. The number of rotatable bonds is 7. The molecule has 0 aromatic heterocycles. The summed E-state index contributed by atoms with van der Waals surface area (Å²) < 4.78 is 5.25. The van der Waals surface area contributed by atoms with Crippen molar-refractivity contribution < 1.29 is 23.9 Å². The maximum absolute atomic E-state index is 12.7. The van der Waals surface area contributed by atoms with E-state index in [1.54, 1.807) is 31.2 Å². The normalized spacial score (nSPS) is 20.0. The number of ketones is 1. The van der Waals surface area contributed by atoms with Crippen molar-refractivity contribution in [2.45, 2.75) is 52.3 Å². The van der Waals surface area contributed by atoms with Crippen LogP contribution in [-0.4, -0.2) is 48.3 Å². The maximum atomic E-state index is 12.7. The number of hydrogen-bond donors (Lipinski definition) is 3. The van der Waals surface area contributed by atoms with Gasteiger partial charge in [-0.15, -0.1) is 0 Å². The summed E-state index contributed by atoms with van der Waals surface area (Å²) in [4.78, 5) is 48.2. The van der Waals surface area contributed by atoms with Crippen LogP contribution in [-0.2, 0) is 19.1 Å². The van der Waals surface area contributed by atoms with Gasteiger partial charge in [-0.2, -0.15) is 0 Å². The second kappa shape index (κ2) is 9.45. The van der Waals surface area contributed by atoms with Gasteiger partial charge >= 0.3 is 0 Å². The molecule has 28 heavy (non-hydrogen) atoms. The van der Waals surface area contributed by atoms with E-state index in [1.165, 1.54) is 6.92 Å². The first-order chi connectivity index (χ1) is 13.2. The first kappa shape index (κ1) is 21.6. The zero-order valence-corrected chi connectivity index (χ0v) is 16.6. The smallest absolute Gasteiger partial charge is 0.251 e. The van der Waals surface area contributed by atoms with Crippen LogP contribution < -0.4 is 16.0 Å². The van der Waals surface area contributed by atoms with E-state index in [0.29, 0.717) is 17.7 Å². The Bertz CT molecular complexity index is 745. The molecule has 1 fully saturated rings. The van der Waals surface area contributed by atoms with Gasteiger partial charge in [0.15, 0.2) is 5.78 Å².